The summed E-state index contributed by atoms with van der Waals surface area (Å²) in [5, 5.41) is 9.26. The molecule has 0 saturated carbocycles. The normalized spacial score (nSPS) is 15.6. The van der Waals surface area contributed by atoms with Crippen LogP contribution in [0.5, 0.6) is 0 Å². The van der Waals surface area contributed by atoms with E-state index in [1.54, 1.807) is 0 Å². The van der Waals surface area contributed by atoms with Gasteiger partial charge in [-0.15, -0.1) is 11.3 Å². The van der Waals surface area contributed by atoms with Crippen LogP contribution in [0.15, 0.2) is 53.9 Å². The third-order valence-electron chi connectivity index (χ3n) is 4.60. The fourth-order valence-corrected chi connectivity index (χ4v) is 3.73. The van der Waals surface area contributed by atoms with Crippen LogP contribution in [0.4, 0.5) is 5.69 Å². The van der Waals surface area contributed by atoms with Gasteiger partial charge in [0.1, 0.15) is 0 Å². The van der Waals surface area contributed by atoms with E-state index in [0.717, 1.165) is 39.1 Å². The minimum atomic E-state index is 0.381. The maximum Gasteiger partial charge on any atom is 0.0415 e. The van der Waals surface area contributed by atoms with Crippen LogP contribution < -0.4 is 15.5 Å². The highest BCUT2D eigenvalue weighted by atomic mass is 32.1. The second kappa shape index (κ2) is 11.9. The molecule has 2 N–H and O–H groups in total. The average molecular weight is 372 g/mol. The van der Waals surface area contributed by atoms with Crippen molar-refractivity contribution in [1.82, 2.24) is 10.6 Å². The molecule has 0 bridgehead atoms. The Bertz CT molecular complexity index is 627. The van der Waals surface area contributed by atoms with Crippen molar-refractivity contribution < 1.29 is 0 Å². The quantitative estimate of drug-likeness (QED) is 0.725. The number of hydrogen-bond acceptors (Lipinski definition) is 4. The molecule has 3 rings (SSSR count). The molecule has 1 saturated heterocycles. The molecule has 142 valence electrons. The average Bonchev–Trinajstić information content (AvgIpc) is 3.22. The molecule has 0 radical (unpaired) electrons. The minimum Gasteiger partial charge on any atom is -0.369 e. The van der Waals surface area contributed by atoms with Crippen LogP contribution in [0.3, 0.4) is 0 Å². The minimum absolute atomic E-state index is 0.381. The summed E-state index contributed by atoms with van der Waals surface area (Å²) in [5.74, 6) is 0. The van der Waals surface area contributed by atoms with Gasteiger partial charge in [-0.1, -0.05) is 36.4 Å². The molecule has 1 aliphatic rings. The van der Waals surface area contributed by atoms with E-state index in [1.165, 1.54) is 16.1 Å². The van der Waals surface area contributed by atoms with Crippen molar-refractivity contribution in [2.45, 2.75) is 33.2 Å². The van der Waals surface area contributed by atoms with Gasteiger partial charge in [0.15, 0.2) is 0 Å². The summed E-state index contributed by atoms with van der Waals surface area (Å²) in [7, 11) is 0. The smallest absolute Gasteiger partial charge is 0.0415 e. The number of nitrogens with one attached hydrogen (secondary N) is 2. The number of rotatable bonds is 6. The molecule has 1 aromatic heterocycles. The van der Waals surface area contributed by atoms with Gasteiger partial charge in [-0.05, 0) is 50.3 Å². The van der Waals surface area contributed by atoms with E-state index in [-0.39, 0.29) is 0 Å². The van der Waals surface area contributed by atoms with Crippen molar-refractivity contribution in [3.63, 3.8) is 0 Å². The van der Waals surface area contributed by atoms with Crippen LogP contribution in [-0.4, -0.2) is 32.7 Å². The van der Waals surface area contributed by atoms with Crippen LogP contribution in [0.2, 0.25) is 0 Å². The van der Waals surface area contributed by atoms with Crippen molar-refractivity contribution in [2.24, 2.45) is 0 Å². The van der Waals surface area contributed by atoms with Crippen molar-refractivity contribution in [3.05, 3.63) is 64.4 Å². The lowest BCUT2D eigenvalue weighted by atomic mass is 10.0. The zero-order valence-corrected chi connectivity index (χ0v) is 17.2. The number of benzene rings is 1. The first-order valence-corrected chi connectivity index (χ1v) is 10.5. The number of thiophene rings is 1. The SMILES string of the molecule is C/C=C\C.CC(NCCc1cccs1)c1ccccc1N1CCNCC1. The Hall–Kier alpha value is -1.62. The summed E-state index contributed by atoms with van der Waals surface area (Å²) < 4.78 is 0. The molecule has 1 aromatic carbocycles. The van der Waals surface area contributed by atoms with Crippen molar-refractivity contribution in [2.75, 3.05) is 37.6 Å². The number of piperazine rings is 1. The highest BCUT2D eigenvalue weighted by Crippen LogP contribution is 2.26. The van der Waals surface area contributed by atoms with Crippen LogP contribution in [-0.2, 0) is 6.42 Å². The maximum atomic E-state index is 3.68. The number of para-hydroxylation sites is 1. The number of nitrogens with zero attached hydrogens (tertiary/aromatic N) is 1. The van der Waals surface area contributed by atoms with Crippen LogP contribution >= 0.6 is 11.3 Å². The van der Waals surface area contributed by atoms with Gasteiger partial charge in [0, 0.05) is 49.3 Å². The Morgan fingerprint density at radius 2 is 1.85 bits per heavy atom. The van der Waals surface area contributed by atoms with E-state index in [9.17, 15) is 0 Å². The van der Waals surface area contributed by atoms with E-state index in [1.807, 2.05) is 37.3 Å². The molecular weight excluding hydrogens is 338 g/mol. The Kier molecular flexibility index (Phi) is 9.46. The molecule has 0 spiro atoms. The summed E-state index contributed by atoms with van der Waals surface area (Å²) in [5.41, 5.74) is 2.80. The zero-order valence-electron chi connectivity index (χ0n) is 16.4. The van der Waals surface area contributed by atoms with Gasteiger partial charge < -0.3 is 15.5 Å². The van der Waals surface area contributed by atoms with Crippen molar-refractivity contribution in [1.29, 1.82) is 0 Å². The first kappa shape index (κ1) is 20.7. The lowest BCUT2D eigenvalue weighted by Gasteiger charge is -2.32. The Labute approximate surface area is 163 Å². The summed E-state index contributed by atoms with van der Waals surface area (Å²) >= 11 is 1.84. The molecular formula is C22H33N3S. The molecule has 1 unspecified atom stereocenters. The third kappa shape index (κ3) is 6.60. The number of allylic oxidation sites excluding steroid dienone is 2. The second-order valence-corrected chi connectivity index (χ2v) is 7.50. The van der Waals surface area contributed by atoms with Crippen LogP contribution in [0, 0.1) is 0 Å². The largest absolute Gasteiger partial charge is 0.369 e. The van der Waals surface area contributed by atoms with E-state index >= 15 is 0 Å². The molecule has 0 aliphatic carbocycles. The fraction of sp³-hybridized carbons (Fsp3) is 0.455. The zero-order chi connectivity index (χ0) is 18.6. The summed E-state index contributed by atoms with van der Waals surface area (Å²) in [6.07, 6.45) is 5.11. The molecule has 26 heavy (non-hydrogen) atoms. The standard InChI is InChI=1S/C18H25N3S.C4H8/c1-15(20-9-8-16-5-4-14-22-16)17-6-2-3-7-18(17)21-12-10-19-11-13-21;1-3-4-2/h2-7,14-15,19-20H,8-13H2,1H3;3-4H,1-2H3/b;4-3-. The Morgan fingerprint density at radius 3 is 2.50 bits per heavy atom. The Morgan fingerprint density at radius 1 is 1.12 bits per heavy atom. The third-order valence-corrected chi connectivity index (χ3v) is 5.53. The maximum absolute atomic E-state index is 3.68. The molecule has 1 atom stereocenters. The second-order valence-electron chi connectivity index (χ2n) is 6.47. The molecule has 0 amide bonds. The van der Waals surface area contributed by atoms with Crippen LogP contribution in [0.1, 0.15) is 37.3 Å². The van der Waals surface area contributed by atoms with Gasteiger partial charge in [0.25, 0.3) is 0 Å². The topological polar surface area (TPSA) is 27.3 Å². The van der Waals surface area contributed by atoms with E-state index in [2.05, 4.69) is 64.2 Å². The summed E-state index contributed by atoms with van der Waals surface area (Å²) in [6, 6.07) is 13.6. The lowest BCUT2D eigenvalue weighted by Crippen LogP contribution is -2.44. The summed E-state index contributed by atoms with van der Waals surface area (Å²) in [4.78, 5) is 3.96. The highest BCUT2D eigenvalue weighted by molar-refractivity contribution is 7.09. The van der Waals surface area contributed by atoms with E-state index < -0.39 is 0 Å². The van der Waals surface area contributed by atoms with Crippen molar-refractivity contribution >= 4 is 17.0 Å². The first-order valence-electron chi connectivity index (χ1n) is 9.64. The monoisotopic (exact) mass is 371 g/mol. The van der Waals surface area contributed by atoms with Crippen molar-refractivity contribution in [3.8, 4) is 0 Å². The van der Waals surface area contributed by atoms with Gasteiger partial charge in [0.05, 0.1) is 0 Å². The molecule has 1 fully saturated rings. The van der Waals surface area contributed by atoms with Crippen LogP contribution in [0.25, 0.3) is 0 Å². The lowest BCUT2D eigenvalue weighted by molar-refractivity contribution is 0.562. The molecule has 3 nitrogen and oxygen atoms in total. The molecule has 2 heterocycles. The fourth-order valence-electron chi connectivity index (χ4n) is 3.02. The molecule has 2 aromatic rings. The van der Waals surface area contributed by atoms with Gasteiger partial charge in [-0.3, -0.25) is 0 Å². The Balaban J connectivity index is 0.000000552. The highest BCUT2D eigenvalue weighted by Gasteiger charge is 2.16. The van der Waals surface area contributed by atoms with E-state index in [0.29, 0.717) is 6.04 Å². The predicted molar refractivity (Wildman–Crippen MR) is 116 cm³/mol. The van der Waals surface area contributed by atoms with Gasteiger partial charge in [-0.2, -0.15) is 0 Å². The van der Waals surface area contributed by atoms with Gasteiger partial charge >= 0.3 is 0 Å². The molecule has 4 heteroatoms. The predicted octanol–water partition coefficient (Wildman–Crippen LogP) is 4.63. The number of anilines is 1. The van der Waals surface area contributed by atoms with E-state index in [4.69, 9.17) is 0 Å². The summed E-state index contributed by atoms with van der Waals surface area (Å²) in [6.45, 7) is 11.6. The molecule has 1 aliphatic heterocycles. The van der Waals surface area contributed by atoms with Gasteiger partial charge in [-0.25, -0.2) is 0 Å². The first-order chi connectivity index (χ1) is 12.8. The van der Waals surface area contributed by atoms with Gasteiger partial charge in [0.2, 0.25) is 0 Å². The number of hydrogen-bond donors (Lipinski definition) is 2.